The highest BCUT2D eigenvalue weighted by atomic mass is 32.1. The van der Waals surface area contributed by atoms with E-state index in [-0.39, 0.29) is 30.7 Å². The van der Waals surface area contributed by atoms with Crippen molar-refractivity contribution in [3.8, 4) is 11.1 Å². The topological polar surface area (TPSA) is 96.4 Å². The Labute approximate surface area is 225 Å². The van der Waals surface area contributed by atoms with Crippen LogP contribution >= 0.6 is 11.3 Å². The summed E-state index contributed by atoms with van der Waals surface area (Å²) in [7, 11) is 0. The molecule has 38 heavy (non-hydrogen) atoms. The molecule has 0 saturated carbocycles. The molecule has 2 aromatic carbocycles. The van der Waals surface area contributed by atoms with Crippen molar-refractivity contribution in [3.05, 3.63) is 81.5 Å². The minimum atomic E-state index is -1.01. The number of ether oxygens (including phenoxy) is 2. The van der Waals surface area contributed by atoms with Gasteiger partial charge in [-0.1, -0.05) is 48.5 Å². The molecule has 2 aliphatic rings. The molecule has 0 bridgehead atoms. The molecule has 0 atom stereocenters. The third kappa shape index (κ3) is 5.24. The number of nitrogens with zero attached hydrogens (tertiary/aromatic N) is 2. The summed E-state index contributed by atoms with van der Waals surface area (Å²) >= 11 is 1.28. The number of carbonyl (C=O) groups excluding carboxylic acids is 2. The summed E-state index contributed by atoms with van der Waals surface area (Å²) in [6.45, 7) is 6.43. The Morgan fingerprint density at radius 1 is 1.03 bits per heavy atom. The van der Waals surface area contributed by atoms with Crippen molar-refractivity contribution in [2.45, 2.75) is 44.9 Å². The van der Waals surface area contributed by atoms with Crippen molar-refractivity contribution in [1.82, 2.24) is 9.80 Å². The summed E-state index contributed by atoms with van der Waals surface area (Å²) in [5.41, 5.74) is 4.11. The maximum Gasteiger partial charge on any atom is 0.410 e. The van der Waals surface area contributed by atoms with E-state index in [0.717, 1.165) is 27.1 Å². The molecule has 9 heteroatoms. The standard InChI is InChI=1S/C29H30N2O6S/c1-29(2,3)37-27(34)30-13-19(14-30)31(15-20-12-18(17-38-20)26(32)33)28(35)36-16-25-23-10-6-4-8-21(23)22-9-5-7-11-24(22)25/h4-12,17,19,25H,13-16H2,1-3H3,(H,32,33). The van der Waals surface area contributed by atoms with Crippen molar-refractivity contribution in [2.75, 3.05) is 19.7 Å². The van der Waals surface area contributed by atoms with Gasteiger partial charge >= 0.3 is 18.2 Å². The highest BCUT2D eigenvalue weighted by Crippen LogP contribution is 2.44. The lowest BCUT2D eigenvalue weighted by Crippen LogP contribution is -2.62. The Balaban J connectivity index is 1.31. The zero-order chi connectivity index (χ0) is 27.0. The van der Waals surface area contributed by atoms with Crippen molar-refractivity contribution < 1.29 is 29.0 Å². The zero-order valence-electron chi connectivity index (χ0n) is 21.5. The Morgan fingerprint density at radius 2 is 1.63 bits per heavy atom. The summed E-state index contributed by atoms with van der Waals surface area (Å²) < 4.78 is 11.4. The van der Waals surface area contributed by atoms with Gasteiger partial charge in [-0.2, -0.15) is 0 Å². The minimum absolute atomic E-state index is 0.0757. The number of carboxylic acid groups (broad SMARTS) is 1. The van der Waals surface area contributed by atoms with E-state index in [1.54, 1.807) is 21.2 Å². The maximum absolute atomic E-state index is 13.5. The largest absolute Gasteiger partial charge is 0.478 e. The highest BCUT2D eigenvalue weighted by Gasteiger charge is 2.40. The van der Waals surface area contributed by atoms with E-state index in [0.29, 0.717) is 13.1 Å². The van der Waals surface area contributed by atoms with Gasteiger partial charge in [-0.15, -0.1) is 11.3 Å². The number of fused-ring (bicyclic) bond motifs is 3. The molecule has 0 radical (unpaired) electrons. The monoisotopic (exact) mass is 534 g/mol. The summed E-state index contributed by atoms with van der Waals surface area (Å²) in [4.78, 5) is 41.2. The third-order valence-corrected chi connectivity index (χ3v) is 7.67. The van der Waals surface area contributed by atoms with Crippen LogP contribution in [0.4, 0.5) is 9.59 Å². The van der Waals surface area contributed by atoms with Crippen LogP contribution in [0.25, 0.3) is 11.1 Å². The van der Waals surface area contributed by atoms with Crippen molar-refractivity contribution >= 4 is 29.5 Å². The fourth-order valence-corrected chi connectivity index (χ4v) is 5.75. The van der Waals surface area contributed by atoms with Crippen LogP contribution in [0.15, 0.2) is 60.0 Å². The van der Waals surface area contributed by atoms with Crippen LogP contribution in [0.3, 0.4) is 0 Å². The zero-order valence-corrected chi connectivity index (χ0v) is 22.4. The molecule has 1 aliphatic carbocycles. The molecule has 5 rings (SSSR count). The SMILES string of the molecule is CC(C)(C)OC(=O)N1CC(N(Cc2cc(C(=O)O)cs2)C(=O)OCC2c3ccccc3-c3ccccc32)C1. The molecule has 1 fully saturated rings. The highest BCUT2D eigenvalue weighted by molar-refractivity contribution is 7.10. The van der Waals surface area contributed by atoms with Crippen LogP contribution in [0, 0.1) is 0 Å². The lowest BCUT2D eigenvalue weighted by molar-refractivity contribution is -0.0174. The number of hydrogen-bond donors (Lipinski definition) is 1. The van der Waals surface area contributed by atoms with E-state index in [9.17, 15) is 19.5 Å². The first kappa shape index (κ1) is 25.8. The normalized spacial score (nSPS) is 14.9. The van der Waals surface area contributed by atoms with Crippen molar-refractivity contribution in [2.24, 2.45) is 0 Å². The maximum atomic E-state index is 13.5. The average molecular weight is 535 g/mol. The van der Waals surface area contributed by atoms with E-state index in [2.05, 4.69) is 24.3 Å². The summed E-state index contributed by atoms with van der Waals surface area (Å²) in [6, 6.07) is 17.6. The predicted octanol–water partition coefficient (Wildman–Crippen LogP) is 5.82. The molecular weight excluding hydrogens is 504 g/mol. The molecule has 8 nitrogen and oxygen atoms in total. The van der Waals surface area contributed by atoms with Crippen LogP contribution < -0.4 is 0 Å². The second kappa shape index (κ2) is 10.1. The molecule has 1 aliphatic heterocycles. The quantitative estimate of drug-likeness (QED) is 0.428. The molecule has 3 aromatic rings. The first-order chi connectivity index (χ1) is 18.1. The summed E-state index contributed by atoms with van der Waals surface area (Å²) in [5, 5.41) is 10.9. The van der Waals surface area contributed by atoms with Gasteiger partial charge in [0.25, 0.3) is 0 Å². The van der Waals surface area contributed by atoms with Gasteiger partial charge < -0.3 is 19.5 Å². The van der Waals surface area contributed by atoms with Gasteiger partial charge in [0.2, 0.25) is 0 Å². The number of benzene rings is 2. The van der Waals surface area contributed by atoms with Gasteiger partial charge in [0.1, 0.15) is 12.2 Å². The van der Waals surface area contributed by atoms with Crippen molar-refractivity contribution in [3.63, 3.8) is 0 Å². The molecule has 0 spiro atoms. The van der Waals surface area contributed by atoms with Crippen molar-refractivity contribution in [1.29, 1.82) is 0 Å². The van der Waals surface area contributed by atoms with Gasteiger partial charge in [0, 0.05) is 29.3 Å². The van der Waals surface area contributed by atoms with Gasteiger partial charge in [0.05, 0.1) is 18.2 Å². The third-order valence-electron chi connectivity index (χ3n) is 6.75. The average Bonchev–Trinajstić information content (AvgIpc) is 3.43. The Kier molecular flexibility index (Phi) is 6.88. The van der Waals surface area contributed by atoms with Crippen LogP contribution in [-0.2, 0) is 16.0 Å². The van der Waals surface area contributed by atoms with Crippen LogP contribution in [0.2, 0.25) is 0 Å². The molecule has 1 aromatic heterocycles. The second-order valence-corrected chi connectivity index (χ2v) is 11.6. The fraction of sp³-hybridized carbons (Fsp3) is 0.345. The smallest absolute Gasteiger partial charge is 0.410 e. The lowest BCUT2D eigenvalue weighted by atomic mass is 9.98. The first-order valence-electron chi connectivity index (χ1n) is 12.5. The van der Waals surface area contributed by atoms with E-state index in [1.807, 2.05) is 45.0 Å². The summed E-state index contributed by atoms with van der Waals surface area (Å²) in [6.07, 6.45) is -0.920. The number of hydrogen-bond acceptors (Lipinski definition) is 6. The van der Waals surface area contributed by atoms with E-state index in [1.165, 1.54) is 11.3 Å². The Bertz CT molecular complexity index is 1330. The summed E-state index contributed by atoms with van der Waals surface area (Å²) in [5.74, 6) is -1.09. The number of carbonyl (C=O) groups is 3. The van der Waals surface area contributed by atoms with E-state index in [4.69, 9.17) is 9.47 Å². The van der Waals surface area contributed by atoms with Gasteiger partial charge in [-0.3, -0.25) is 4.90 Å². The van der Waals surface area contributed by atoms with Crippen LogP contribution in [-0.4, -0.2) is 64.4 Å². The molecule has 2 heterocycles. The number of aromatic carboxylic acids is 1. The molecule has 1 saturated heterocycles. The Hall–Kier alpha value is -3.85. The number of likely N-dealkylation sites (tertiary alicyclic amines) is 1. The number of amides is 2. The first-order valence-corrected chi connectivity index (χ1v) is 13.4. The van der Waals surface area contributed by atoms with E-state index >= 15 is 0 Å². The number of carboxylic acids is 1. The molecule has 1 N–H and O–H groups in total. The van der Waals surface area contributed by atoms with Gasteiger partial charge in [0.15, 0.2) is 0 Å². The van der Waals surface area contributed by atoms with Crippen LogP contribution in [0.5, 0.6) is 0 Å². The Morgan fingerprint density at radius 3 is 2.18 bits per heavy atom. The fourth-order valence-electron chi connectivity index (χ4n) is 4.89. The van der Waals surface area contributed by atoms with Crippen LogP contribution in [0.1, 0.15) is 53.1 Å². The van der Waals surface area contributed by atoms with Gasteiger partial charge in [-0.25, -0.2) is 14.4 Å². The predicted molar refractivity (Wildman–Crippen MR) is 143 cm³/mol. The molecule has 198 valence electrons. The molecule has 2 amide bonds. The lowest BCUT2D eigenvalue weighted by Gasteiger charge is -2.44. The minimum Gasteiger partial charge on any atom is -0.478 e. The number of thiophene rings is 1. The van der Waals surface area contributed by atoms with E-state index < -0.39 is 23.8 Å². The molecule has 0 unspecified atom stereocenters. The molecular formula is C29H30N2O6S. The second-order valence-electron chi connectivity index (χ2n) is 10.6. The number of rotatable bonds is 6. The van der Waals surface area contributed by atoms with Gasteiger partial charge in [-0.05, 0) is 49.1 Å².